The summed E-state index contributed by atoms with van der Waals surface area (Å²) in [5.41, 5.74) is 0. The van der Waals surface area contributed by atoms with Gasteiger partial charge in [0.05, 0.1) is 17.6 Å². The van der Waals surface area contributed by atoms with E-state index >= 15 is 0 Å². The van der Waals surface area contributed by atoms with Crippen LogP contribution in [0, 0.1) is 0 Å². The van der Waals surface area contributed by atoms with Crippen molar-refractivity contribution in [2.24, 2.45) is 0 Å². The number of nitrogens with zero attached hydrogens (tertiary/aromatic N) is 1. The molecular weight excluding hydrogens is 332 g/mol. The molecule has 1 aliphatic rings. The Hall–Kier alpha value is -0.470. The second-order valence-corrected chi connectivity index (χ2v) is 7.22. The first kappa shape index (κ1) is 14.9. The first-order valence-corrected chi connectivity index (χ1v) is 8.29. The van der Waals surface area contributed by atoms with Crippen molar-refractivity contribution in [3.05, 3.63) is 28.7 Å². The Bertz CT molecular complexity index is 516. The average Bonchev–Trinajstić information content (AvgIpc) is 2.40. The molecule has 0 spiro atoms. The predicted molar refractivity (Wildman–Crippen MR) is 76.6 cm³/mol. The number of hydrogen-bond donors (Lipinski definition) is 1. The molecule has 0 saturated carbocycles. The van der Waals surface area contributed by atoms with Crippen LogP contribution in [0.3, 0.4) is 0 Å². The van der Waals surface area contributed by atoms with Crippen LogP contribution in [0.25, 0.3) is 0 Å². The second-order valence-electron chi connectivity index (χ2n) is 4.37. The average molecular weight is 349 g/mol. The topological polar surface area (TPSA) is 58.6 Å². The fraction of sp³-hybridized carbons (Fsp3) is 0.500. The number of sulfonamides is 1. The van der Waals surface area contributed by atoms with Crippen LogP contribution in [-0.4, -0.2) is 52.1 Å². The van der Waals surface area contributed by atoms with Gasteiger partial charge in [-0.3, -0.25) is 0 Å². The molecule has 1 saturated heterocycles. The van der Waals surface area contributed by atoms with Gasteiger partial charge in [-0.25, -0.2) is 8.42 Å². The zero-order valence-electron chi connectivity index (χ0n) is 10.7. The van der Waals surface area contributed by atoms with Crippen molar-refractivity contribution in [3.63, 3.8) is 0 Å². The predicted octanol–water partition coefficient (Wildman–Crippen LogP) is 1.06. The van der Waals surface area contributed by atoms with Gasteiger partial charge in [0.25, 0.3) is 0 Å². The Morgan fingerprint density at radius 3 is 2.74 bits per heavy atom. The van der Waals surface area contributed by atoms with Crippen molar-refractivity contribution in [3.8, 4) is 0 Å². The first-order valence-electron chi connectivity index (χ1n) is 6.06. The summed E-state index contributed by atoms with van der Waals surface area (Å²) >= 11 is 3.30. The summed E-state index contributed by atoms with van der Waals surface area (Å²) in [7, 11) is -1.60. The van der Waals surface area contributed by atoms with Gasteiger partial charge < -0.3 is 10.1 Å². The van der Waals surface area contributed by atoms with Crippen LogP contribution in [0.1, 0.15) is 0 Å². The third kappa shape index (κ3) is 3.55. The molecule has 1 unspecified atom stereocenters. The van der Waals surface area contributed by atoms with Crippen molar-refractivity contribution in [1.82, 2.24) is 9.62 Å². The highest BCUT2D eigenvalue weighted by molar-refractivity contribution is 9.10. The molecule has 2 rings (SSSR count). The smallest absolute Gasteiger partial charge is 0.243 e. The second kappa shape index (κ2) is 6.32. The highest BCUT2D eigenvalue weighted by Crippen LogP contribution is 2.20. The fourth-order valence-corrected chi connectivity index (χ4v) is 3.74. The number of rotatable bonds is 4. The summed E-state index contributed by atoms with van der Waals surface area (Å²) < 4.78 is 32.8. The molecule has 106 valence electrons. The van der Waals surface area contributed by atoms with Crippen molar-refractivity contribution >= 4 is 26.0 Å². The maximum Gasteiger partial charge on any atom is 0.243 e. The molecule has 1 aromatic rings. The van der Waals surface area contributed by atoms with E-state index in [1.54, 1.807) is 24.3 Å². The molecule has 0 amide bonds. The molecule has 1 N–H and O–H groups in total. The lowest BCUT2D eigenvalue weighted by Gasteiger charge is -2.32. The molecule has 1 atom stereocenters. The van der Waals surface area contributed by atoms with Crippen LogP contribution in [0.2, 0.25) is 0 Å². The van der Waals surface area contributed by atoms with Crippen molar-refractivity contribution in [2.75, 3.05) is 33.3 Å². The van der Waals surface area contributed by atoms with Crippen LogP contribution in [-0.2, 0) is 14.8 Å². The zero-order valence-corrected chi connectivity index (χ0v) is 13.1. The Balaban J connectivity index is 2.17. The van der Waals surface area contributed by atoms with Crippen molar-refractivity contribution in [1.29, 1.82) is 0 Å². The van der Waals surface area contributed by atoms with E-state index in [2.05, 4.69) is 21.2 Å². The molecule has 1 aromatic carbocycles. The van der Waals surface area contributed by atoms with E-state index in [0.29, 0.717) is 31.1 Å². The Kier molecular flexibility index (Phi) is 4.97. The molecule has 1 aliphatic heterocycles. The monoisotopic (exact) mass is 348 g/mol. The summed E-state index contributed by atoms with van der Waals surface area (Å²) in [5, 5.41) is 3.00. The Labute approximate surface area is 122 Å². The highest BCUT2D eigenvalue weighted by Gasteiger charge is 2.30. The highest BCUT2D eigenvalue weighted by atomic mass is 79.9. The number of likely N-dealkylation sites (N-methyl/N-ethyl adjacent to an activating group) is 1. The van der Waals surface area contributed by atoms with E-state index in [1.807, 2.05) is 7.05 Å². The largest absolute Gasteiger partial charge is 0.374 e. The Morgan fingerprint density at radius 1 is 1.42 bits per heavy atom. The van der Waals surface area contributed by atoms with E-state index in [-0.39, 0.29) is 6.10 Å². The van der Waals surface area contributed by atoms with Crippen LogP contribution < -0.4 is 5.32 Å². The zero-order chi connectivity index (χ0) is 13.9. The molecular formula is C12H17BrN2O3S. The van der Waals surface area contributed by atoms with Gasteiger partial charge in [0.1, 0.15) is 0 Å². The van der Waals surface area contributed by atoms with E-state index in [4.69, 9.17) is 4.74 Å². The standard InChI is InChI=1S/C12H17BrN2O3S/c1-14-8-11-9-15(6-7-18-11)19(16,17)12-4-2-10(13)3-5-12/h2-5,11,14H,6-9H2,1H3. The summed E-state index contributed by atoms with van der Waals surface area (Å²) in [4.78, 5) is 0.320. The van der Waals surface area contributed by atoms with Crippen molar-refractivity contribution in [2.45, 2.75) is 11.0 Å². The number of ether oxygens (including phenoxy) is 1. The summed E-state index contributed by atoms with van der Waals surface area (Å²) in [5.74, 6) is 0. The minimum Gasteiger partial charge on any atom is -0.374 e. The van der Waals surface area contributed by atoms with Crippen LogP contribution >= 0.6 is 15.9 Å². The molecule has 0 aliphatic carbocycles. The number of halogens is 1. The lowest BCUT2D eigenvalue weighted by molar-refractivity contribution is 0.000824. The van der Waals surface area contributed by atoms with E-state index < -0.39 is 10.0 Å². The van der Waals surface area contributed by atoms with Gasteiger partial charge in [-0.15, -0.1) is 0 Å². The lowest BCUT2D eigenvalue weighted by atomic mass is 10.3. The van der Waals surface area contributed by atoms with Gasteiger partial charge in [0.2, 0.25) is 10.0 Å². The minimum atomic E-state index is -3.43. The molecule has 1 fully saturated rings. The van der Waals surface area contributed by atoms with Gasteiger partial charge in [-0.05, 0) is 31.3 Å². The van der Waals surface area contributed by atoms with E-state index in [1.165, 1.54) is 4.31 Å². The van der Waals surface area contributed by atoms with E-state index in [9.17, 15) is 8.42 Å². The van der Waals surface area contributed by atoms with E-state index in [0.717, 1.165) is 4.47 Å². The maximum absolute atomic E-state index is 12.5. The number of morpholine rings is 1. The molecule has 0 aromatic heterocycles. The molecule has 5 nitrogen and oxygen atoms in total. The van der Waals surface area contributed by atoms with Crippen LogP contribution in [0.15, 0.2) is 33.6 Å². The fourth-order valence-electron chi connectivity index (χ4n) is 2.02. The third-order valence-corrected chi connectivity index (χ3v) is 5.39. The van der Waals surface area contributed by atoms with Gasteiger partial charge in [0.15, 0.2) is 0 Å². The molecule has 1 heterocycles. The SMILES string of the molecule is CNCC1CN(S(=O)(=O)c2ccc(Br)cc2)CCO1. The summed E-state index contributed by atoms with van der Waals surface area (Å²) in [6, 6.07) is 6.70. The summed E-state index contributed by atoms with van der Waals surface area (Å²) in [6.45, 7) is 1.87. The van der Waals surface area contributed by atoms with Gasteiger partial charge in [0, 0.05) is 24.1 Å². The molecule has 19 heavy (non-hydrogen) atoms. The number of benzene rings is 1. The normalized spacial score (nSPS) is 21.5. The Morgan fingerprint density at radius 2 is 2.11 bits per heavy atom. The van der Waals surface area contributed by atoms with Gasteiger partial charge in [-0.1, -0.05) is 15.9 Å². The number of hydrogen-bond acceptors (Lipinski definition) is 4. The minimum absolute atomic E-state index is 0.0935. The van der Waals surface area contributed by atoms with Crippen molar-refractivity contribution < 1.29 is 13.2 Å². The first-order chi connectivity index (χ1) is 9.04. The number of nitrogens with one attached hydrogen (secondary N) is 1. The van der Waals surface area contributed by atoms with Crippen LogP contribution in [0.5, 0.6) is 0 Å². The molecule has 7 heteroatoms. The quantitative estimate of drug-likeness (QED) is 0.883. The molecule has 0 radical (unpaired) electrons. The van der Waals surface area contributed by atoms with Crippen LogP contribution in [0.4, 0.5) is 0 Å². The lowest BCUT2D eigenvalue weighted by Crippen LogP contribution is -2.48. The summed E-state index contributed by atoms with van der Waals surface area (Å²) in [6.07, 6.45) is -0.0935. The molecule has 0 bridgehead atoms. The van der Waals surface area contributed by atoms with Gasteiger partial charge in [-0.2, -0.15) is 4.31 Å². The third-order valence-electron chi connectivity index (χ3n) is 2.98. The van der Waals surface area contributed by atoms with Gasteiger partial charge >= 0.3 is 0 Å². The maximum atomic E-state index is 12.5.